The summed E-state index contributed by atoms with van der Waals surface area (Å²) in [4.78, 5) is 247. The van der Waals surface area contributed by atoms with Crippen LogP contribution in [-0.4, -0.2) is 274 Å². The van der Waals surface area contributed by atoms with Gasteiger partial charge in [-0.1, -0.05) is 34.1 Å². The van der Waals surface area contributed by atoms with Crippen molar-refractivity contribution < 1.29 is 96.5 Å². The van der Waals surface area contributed by atoms with E-state index in [2.05, 4.69) is 63.8 Å². The van der Waals surface area contributed by atoms with E-state index in [-0.39, 0.29) is 123 Å². The summed E-state index contributed by atoms with van der Waals surface area (Å²) in [6.07, 6.45) is 1.56. The zero-order valence-electron chi connectivity index (χ0n) is 66.9. The van der Waals surface area contributed by atoms with Crippen LogP contribution in [0.5, 0.6) is 0 Å². The van der Waals surface area contributed by atoms with Gasteiger partial charge in [-0.15, -0.1) is 0 Å². The number of hydrogen-bond acceptors (Lipinski definition) is 23. The number of carbonyl (C=O) groups is 18. The number of nitrogens with zero attached hydrogens (tertiary/aromatic N) is 3. The average molecular weight is 1630 g/mol. The zero-order valence-corrected chi connectivity index (χ0v) is 66.9. The van der Waals surface area contributed by atoms with Gasteiger partial charge in [-0.25, -0.2) is 4.79 Å². The van der Waals surface area contributed by atoms with Crippen molar-refractivity contribution in [2.75, 3.05) is 45.8 Å². The van der Waals surface area contributed by atoms with E-state index in [9.17, 15) is 96.5 Å². The lowest BCUT2D eigenvalue weighted by molar-refractivity contribution is -0.145. The number of nitrogens with one attached hydrogen (secondary N) is 13. The summed E-state index contributed by atoms with van der Waals surface area (Å²) in [5, 5.41) is 57.2. The maximum Gasteiger partial charge on any atom is 0.326 e. The van der Waals surface area contributed by atoms with Gasteiger partial charge in [0.15, 0.2) is 5.96 Å². The summed E-state index contributed by atoms with van der Waals surface area (Å²) in [5.74, 6) is -17.8. The van der Waals surface area contributed by atoms with E-state index in [0.29, 0.717) is 45.1 Å². The third-order valence-corrected chi connectivity index (χ3v) is 19.9. The lowest BCUT2D eigenvalue weighted by atomic mass is 10.0. The van der Waals surface area contributed by atoms with Crippen molar-refractivity contribution in [3.05, 3.63) is 0 Å². The van der Waals surface area contributed by atoms with Gasteiger partial charge >= 0.3 is 11.9 Å². The van der Waals surface area contributed by atoms with Crippen molar-refractivity contribution in [1.29, 1.82) is 5.41 Å². The Hall–Kier alpha value is -10.4. The Kier molecular flexibility index (Phi) is 43.0. The van der Waals surface area contributed by atoms with Crippen molar-refractivity contribution in [2.45, 2.75) is 280 Å². The topological polar surface area (TPSA) is 708 Å². The van der Waals surface area contributed by atoms with Gasteiger partial charge in [-0.05, 0) is 168 Å². The standard InChI is InChI=1S/C72H125N23O20/c1-37(2)55(67(110)84-39(5)57(100)82-40(6)59(102)90-48(71(114)115)36-53(78)97)91-63(106)43(19-9-12-30-74)85-62(105)44(21-14-32-81-72(79)80)86-64(107)49-22-15-33-93(49)68(111)46(20-10-13-31-75)88-58(101)41(7)83-61(104)45(25-27-52(77)96)87-65(108)50-23-17-35-95(50)70(113)56(38(3)4)92-66(109)51-24-16-34-94(51)69(112)47(26-28-54(98)99)89-60(103)42(76)18-8-11-29-73/h37-51,55-56H,8-36,73-76H2,1-7H3,(H2,77,96)(H2,78,97)(H,82,100)(H,83,104)(H,84,110)(H,85,105)(H,86,107)(H,87,108)(H,88,101)(H,89,103)(H,90,102)(H,91,106)(H,92,109)(H,98,99)(H,114,115)(H4,79,80,81)/t39-,40-,41-,42-,43-,44-,45-,46-,47-,48-,49-,50-,51-,55-,56-/m0/s1. The Balaban J connectivity index is 1.82. The van der Waals surface area contributed by atoms with Crippen molar-refractivity contribution in [3.63, 3.8) is 0 Å². The highest BCUT2D eigenvalue weighted by molar-refractivity contribution is 6.01. The minimum absolute atomic E-state index is 0.00344. The van der Waals surface area contributed by atoms with Gasteiger partial charge in [-0.3, -0.25) is 86.9 Å². The summed E-state index contributed by atoms with van der Waals surface area (Å²) >= 11 is 0. The number of carbonyl (C=O) groups excluding carboxylic acids is 16. The lowest BCUT2D eigenvalue weighted by Gasteiger charge is -2.33. The highest BCUT2D eigenvalue weighted by Gasteiger charge is 2.45. The van der Waals surface area contributed by atoms with Crippen molar-refractivity contribution in [3.8, 4) is 0 Å². The van der Waals surface area contributed by atoms with Crippen LogP contribution < -0.4 is 104 Å². The number of amides is 16. The molecule has 15 atom stereocenters. The third-order valence-electron chi connectivity index (χ3n) is 19.9. The second kappa shape index (κ2) is 50.0. The molecule has 0 aromatic heterocycles. The van der Waals surface area contributed by atoms with Crippen LogP contribution in [-0.2, 0) is 86.3 Å². The van der Waals surface area contributed by atoms with E-state index in [4.69, 9.17) is 45.5 Å². The minimum atomic E-state index is -1.69. The molecule has 0 spiro atoms. The van der Waals surface area contributed by atoms with Gasteiger partial charge in [0.05, 0.1) is 12.5 Å². The van der Waals surface area contributed by atoms with Crippen molar-refractivity contribution in [2.24, 2.45) is 52.0 Å². The van der Waals surface area contributed by atoms with Crippen LogP contribution >= 0.6 is 0 Å². The van der Waals surface area contributed by atoms with Crippen molar-refractivity contribution in [1.82, 2.24) is 78.5 Å². The molecule has 16 amide bonds. The molecule has 0 bridgehead atoms. The van der Waals surface area contributed by atoms with E-state index < -0.39 is 234 Å². The molecule has 3 heterocycles. The number of nitrogens with two attached hydrogens (primary N) is 7. The van der Waals surface area contributed by atoms with Crippen LogP contribution in [0, 0.1) is 17.2 Å². The smallest absolute Gasteiger partial charge is 0.326 e. The predicted molar refractivity (Wildman–Crippen MR) is 415 cm³/mol. The number of likely N-dealkylation sites (tertiary alicyclic amines) is 3. The molecule has 3 saturated heterocycles. The predicted octanol–water partition coefficient (Wildman–Crippen LogP) is -7.27. The normalized spacial score (nSPS) is 18.3. The molecular weight excluding hydrogens is 1510 g/mol. The minimum Gasteiger partial charge on any atom is -0.481 e. The first-order valence-electron chi connectivity index (χ1n) is 39.4. The number of guanidine groups is 1. The number of carboxylic acids is 2. The highest BCUT2D eigenvalue weighted by atomic mass is 16.4. The molecule has 648 valence electrons. The number of carboxylic acid groups (broad SMARTS) is 2. The molecule has 0 radical (unpaired) electrons. The third kappa shape index (κ3) is 33.1. The monoisotopic (exact) mass is 1630 g/mol. The van der Waals surface area contributed by atoms with Crippen molar-refractivity contribution >= 4 is 112 Å². The van der Waals surface area contributed by atoms with E-state index >= 15 is 0 Å². The molecule has 115 heavy (non-hydrogen) atoms. The first kappa shape index (κ1) is 98.8. The fraction of sp³-hybridized carbons (Fsp3) is 0.736. The molecule has 0 unspecified atom stereocenters. The molecule has 0 aliphatic carbocycles. The van der Waals surface area contributed by atoms with Crippen LogP contribution in [0.25, 0.3) is 0 Å². The van der Waals surface area contributed by atoms with Gasteiger partial charge < -0.3 is 129 Å². The first-order valence-corrected chi connectivity index (χ1v) is 39.4. The maximum atomic E-state index is 14.8. The second-order valence-electron chi connectivity index (χ2n) is 30.0. The molecule has 43 heteroatoms. The summed E-state index contributed by atoms with van der Waals surface area (Å²) in [5.41, 5.74) is 39.4. The average Bonchev–Trinajstić information content (AvgIpc) is 1.71. The molecule has 43 nitrogen and oxygen atoms in total. The highest BCUT2D eigenvalue weighted by Crippen LogP contribution is 2.26. The van der Waals surface area contributed by atoms with Gasteiger partial charge in [-0.2, -0.15) is 0 Å². The molecule has 3 aliphatic rings. The largest absolute Gasteiger partial charge is 0.481 e. The summed E-state index contributed by atoms with van der Waals surface area (Å²) < 4.78 is 0. The van der Waals surface area contributed by atoms with E-state index in [1.165, 1.54) is 35.5 Å². The number of rotatable bonds is 52. The Morgan fingerprint density at radius 3 is 1.20 bits per heavy atom. The molecular formula is C72H125N23O20. The molecule has 0 aromatic carbocycles. The Morgan fingerprint density at radius 1 is 0.383 bits per heavy atom. The number of unbranched alkanes of at least 4 members (excludes halogenated alkanes) is 3. The molecule has 0 saturated carbocycles. The first-order chi connectivity index (χ1) is 54.2. The fourth-order valence-corrected chi connectivity index (χ4v) is 13.3. The zero-order chi connectivity index (χ0) is 86.5. The number of aliphatic carboxylic acids is 2. The van der Waals surface area contributed by atoms with E-state index in [1.54, 1.807) is 27.7 Å². The fourth-order valence-electron chi connectivity index (χ4n) is 13.3. The summed E-state index contributed by atoms with van der Waals surface area (Å²) in [6, 6.07) is -20.1. The lowest BCUT2D eigenvalue weighted by Crippen LogP contribution is -2.61. The molecule has 3 rings (SSSR count). The SMILES string of the molecule is CC(C)[C@H](NC(=O)[C@H](CCCCN)NC(=O)[C@H](CCCNC(=N)N)NC(=O)[C@@H]1CCCN1C(=O)[C@H](CCCCN)NC(=O)[C@H](C)NC(=O)[C@H](CCC(N)=O)NC(=O)[C@@H]1CCCN1C(=O)[C@@H](NC(=O)[C@@H]1CCCN1C(=O)[C@H](CCC(=O)O)NC(=O)[C@@H](N)CCCCN)C(C)C)C(=O)N[C@@H](C)C(=O)N[C@@H](C)C(=O)N[C@@H](CC(N)=O)C(=O)O. The Bertz CT molecular complexity index is 3400. The van der Waals surface area contributed by atoms with Crippen LogP contribution in [0.2, 0.25) is 0 Å². The van der Waals surface area contributed by atoms with Gasteiger partial charge in [0.25, 0.3) is 0 Å². The van der Waals surface area contributed by atoms with Gasteiger partial charge in [0.2, 0.25) is 94.5 Å². The molecule has 29 N–H and O–H groups in total. The maximum absolute atomic E-state index is 14.8. The Labute approximate surface area is 668 Å². The molecule has 0 aromatic rings. The number of hydrogen-bond donors (Lipinski definition) is 22. The summed E-state index contributed by atoms with van der Waals surface area (Å²) in [7, 11) is 0. The molecule has 3 aliphatic heterocycles. The van der Waals surface area contributed by atoms with Crippen LogP contribution in [0.3, 0.4) is 0 Å². The van der Waals surface area contributed by atoms with E-state index in [1.807, 2.05) is 0 Å². The number of primary amides is 2. The Morgan fingerprint density at radius 2 is 0.748 bits per heavy atom. The summed E-state index contributed by atoms with van der Waals surface area (Å²) in [6.45, 7) is 11.2. The quantitative estimate of drug-likeness (QED) is 0.0153. The van der Waals surface area contributed by atoms with Gasteiger partial charge in [0, 0.05) is 39.0 Å². The van der Waals surface area contributed by atoms with Crippen LogP contribution in [0.15, 0.2) is 0 Å². The van der Waals surface area contributed by atoms with Crippen LogP contribution in [0.1, 0.15) is 190 Å². The second-order valence-corrected chi connectivity index (χ2v) is 30.0. The van der Waals surface area contributed by atoms with E-state index in [0.717, 1.165) is 0 Å². The van der Waals surface area contributed by atoms with Crippen LogP contribution in [0.4, 0.5) is 0 Å². The molecule has 3 fully saturated rings. The van der Waals surface area contributed by atoms with Gasteiger partial charge in [0.1, 0.15) is 84.6 Å².